The molecule has 0 heterocycles. The molecule has 2 aliphatic rings. The van der Waals surface area contributed by atoms with Crippen LogP contribution in [0.2, 0.25) is 0 Å². The summed E-state index contributed by atoms with van der Waals surface area (Å²) in [5, 5.41) is 0. The zero-order valence-electron chi connectivity index (χ0n) is 15.1. The van der Waals surface area contributed by atoms with Gasteiger partial charge in [0.15, 0.2) is 5.41 Å². The molecule has 1 atom stereocenters. The molecular formula is C18H26O6. The molecule has 0 bridgehead atoms. The highest BCUT2D eigenvalue weighted by Crippen LogP contribution is 2.58. The molecular weight excluding hydrogens is 312 g/mol. The van der Waals surface area contributed by atoms with Crippen molar-refractivity contribution in [1.29, 1.82) is 0 Å². The smallest absolute Gasteiger partial charge is 0.323 e. The third-order valence-corrected chi connectivity index (χ3v) is 5.14. The minimum Gasteiger partial charge on any atom is -0.468 e. The van der Waals surface area contributed by atoms with Gasteiger partial charge in [0, 0.05) is 14.2 Å². The minimum absolute atomic E-state index is 0.298. The van der Waals surface area contributed by atoms with Gasteiger partial charge >= 0.3 is 11.9 Å². The third kappa shape index (κ3) is 3.00. The van der Waals surface area contributed by atoms with Crippen molar-refractivity contribution in [1.82, 2.24) is 0 Å². The number of allylic oxidation sites excluding steroid dienone is 1. The molecule has 1 saturated carbocycles. The number of hydrogen-bond donors (Lipinski definition) is 0. The van der Waals surface area contributed by atoms with Gasteiger partial charge in [0.05, 0.1) is 27.4 Å². The SMILES string of the molecule is COCC1=C(COC)C[C@@]2(C)CC(C(=O)OC)(C(=O)OC)CC2=C1. The average Bonchev–Trinajstić information content (AvgIpc) is 2.87. The van der Waals surface area contributed by atoms with Crippen LogP contribution in [0.3, 0.4) is 0 Å². The Hall–Kier alpha value is -1.66. The lowest BCUT2D eigenvalue weighted by Crippen LogP contribution is -2.40. The predicted molar refractivity (Wildman–Crippen MR) is 87.3 cm³/mol. The van der Waals surface area contributed by atoms with E-state index in [9.17, 15) is 9.59 Å². The van der Waals surface area contributed by atoms with Crippen molar-refractivity contribution in [2.24, 2.45) is 10.8 Å². The fraction of sp³-hybridized carbons (Fsp3) is 0.667. The molecule has 0 aliphatic heterocycles. The quantitative estimate of drug-likeness (QED) is 0.545. The predicted octanol–water partition coefficient (Wildman–Crippen LogP) is 2.04. The van der Waals surface area contributed by atoms with Gasteiger partial charge in [-0.2, -0.15) is 0 Å². The highest BCUT2D eigenvalue weighted by atomic mass is 16.5. The molecule has 0 radical (unpaired) electrons. The lowest BCUT2D eigenvalue weighted by molar-refractivity contribution is -0.169. The first-order valence-corrected chi connectivity index (χ1v) is 7.93. The van der Waals surface area contributed by atoms with E-state index in [1.54, 1.807) is 14.2 Å². The Morgan fingerprint density at radius 3 is 2.08 bits per heavy atom. The lowest BCUT2D eigenvalue weighted by Gasteiger charge is -2.33. The monoisotopic (exact) mass is 338 g/mol. The Morgan fingerprint density at radius 1 is 1.00 bits per heavy atom. The molecule has 6 nitrogen and oxygen atoms in total. The summed E-state index contributed by atoms with van der Waals surface area (Å²) in [6.45, 7) is 3.05. The highest BCUT2D eigenvalue weighted by Gasteiger charge is 2.60. The lowest BCUT2D eigenvalue weighted by atomic mass is 9.72. The van der Waals surface area contributed by atoms with Gasteiger partial charge in [-0.15, -0.1) is 0 Å². The number of hydrogen-bond acceptors (Lipinski definition) is 6. The fourth-order valence-electron chi connectivity index (χ4n) is 4.06. The van der Waals surface area contributed by atoms with Crippen molar-refractivity contribution in [3.8, 4) is 0 Å². The van der Waals surface area contributed by atoms with E-state index < -0.39 is 17.4 Å². The molecule has 0 unspecified atom stereocenters. The van der Waals surface area contributed by atoms with Crippen LogP contribution in [0.1, 0.15) is 26.2 Å². The first kappa shape index (κ1) is 18.7. The van der Waals surface area contributed by atoms with E-state index in [0.717, 1.165) is 23.1 Å². The minimum atomic E-state index is -1.27. The van der Waals surface area contributed by atoms with Crippen LogP contribution >= 0.6 is 0 Å². The van der Waals surface area contributed by atoms with E-state index in [2.05, 4.69) is 13.0 Å². The summed E-state index contributed by atoms with van der Waals surface area (Å²) < 4.78 is 20.5. The maximum Gasteiger partial charge on any atom is 0.323 e. The largest absolute Gasteiger partial charge is 0.468 e. The van der Waals surface area contributed by atoms with Crippen LogP contribution in [-0.4, -0.2) is 53.6 Å². The van der Waals surface area contributed by atoms with Crippen molar-refractivity contribution in [3.05, 3.63) is 22.8 Å². The van der Waals surface area contributed by atoms with E-state index in [0.29, 0.717) is 26.1 Å². The van der Waals surface area contributed by atoms with Gasteiger partial charge in [0.25, 0.3) is 0 Å². The summed E-state index contributed by atoms with van der Waals surface area (Å²) in [5.41, 5.74) is 1.68. The Labute approximate surface area is 142 Å². The average molecular weight is 338 g/mol. The normalized spacial score (nSPS) is 25.1. The summed E-state index contributed by atoms with van der Waals surface area (Å²) in [5.74, 6) is -1.07. The number of carbonyl (C=O) groups is 2. The van der Waals surface area contributed by atoms with E-state index >= 15 is 0 Å². The zero-order valence-corrected chi connectivity index (χ0v) is 15.1. The standard InChI is InChI=1S/C18H26O6/c1-17-7-13(10-22-3)12(9-21-2)6-14(17)8-18(11-17,15(19)23-4)16(20)24-5/h6H,7-11H2,1-5H3/t17-/m0/s1. The van der Waals surface area contributed by atoms with Gasteiger partial charge in [-0.1, -0.05) is 18.6 Å². The molecule has 6 heteroatoms. The molecule has 2 rings (SSSR count). The number of methoxy groups -OCH3 is 4. The number of esters is 2. The number of fused-ring (bicyclic) bond motifs is 1. The second-order valence-corrected chi connectivity index (χ2v) is 6.82. The summed E-state index contributed by atoms with van der Waals surface area (Å²) in [6, 6.07) is 0. The van der Waals surface area contributed by atoms with Crippen molar-refractivity contribution in [2.75, 3.05) is 41.7 Å². The van der Waals surface area contributed by atoms with Gasteiger partial charge in [-0.05, 0) is 35.8 Å². The van der Waals surface area contributed by atoms with Crippen LogP contribution in [0.4, 0.5) is 0 Å². The van der Waals surface area contributed by atoms with Crippen LogP contribution in [0.15, 0.2) is 22.8 Å². The molecule has 0 saturated heterocycles. The second kappa shape index (κ2) is 7.07. The molecule has 134 valence electrons. The van der Waals surface area contributed by atoms with Crippen LogP contribution in [0, 0.1) is 10.8 Å². The molecule has 0 spiro atoms. The maximum atomic E-state index is 12.4. The van der Waals surface area contributed by atoms with Crippen LogP contribution in [-0.2, 0) is 28.5 Å². The second-order valence-electron chi connectivity index (χ2n) is 6.82. The van der Waals surface area contributed by atoms with Crippen LogP contribution in [0.5, 0.6) is 0 Å². The van der Waals surface area contributed by atoms with Crippen molar-refractivity contribution < 1.29 is 28.5 Å². The van der Waals surface area contributed by atoms with E-state index in [-0.39, 0.29) is 5.41 Å². The summed E-state index contributed by atoms with van der Waals surface area (Å²) in [4.78, 5) is 24.8. The molecule has 2 aliphatic carbocycles. The fourth-order valence-corrected chi connectivity index (χ4v) is 4.06. The Kier molecular flexibility index (Phi) is 5.50. The van der Waals surface area contributed by atoms with Gasteiger partial charge in [-0.3, -0.25) is 9.59 Å². The molecule has 24 heavy (non-hydrogen) atoms. The molecule has 0 N–H and O–H groups in total. The van der Waals surface area contributed by atoms with Gasteiger partial charge < -0.3 is 18.9 Å². The van der Waals surface area contributed by atoms with E-state index in [4.69, 9.17) is 18.9 Å². The van der Waals surface area contributed by atoms with E-state index in [1.165, 1.54) is 14.2 Å². The van der Waals surface area contributed by atoms with Gasteiger partial charge in [-0.25, -0.2) is 0 Å². The highest BCUT2D eigenvalue weighted by molar-refractivity contribution is 6.01. The molecule has 0 aromatic rings. The van der Waals surface area contributed by atoms with Crippen molar-refractivity contribution in [2.45, 2.75) is 26.2 Å². The topological polar surface area (TPSA) is 71.1 Å². The summed E-state index contributed by atoms with van der Waals surface area (Å²) in [7, 11) is 5.90. The number of carbonyl (C=O) groups excluding carboxylic acids is 2. The van der Waals surface area contributed by atoms with E-state index in [1.807, 2.05) is 0 Å². The molecule has 0 aromatic carbocycles. The first-order valence-electron chi connectivity index (χ1n) is 7.93. The molecule has 0 aromatic heterocycles. The summed E-state index contributed by atoms with van der Waals surface area (Å²) >= 11 is 0. The first-order chi connectivity index (χ1) is 11.4. The van der Waals surface area contributed by atoms with Gasteiger partial charge in [0.2, 0.25) is 0 Å². The molecule has 1 fully saturated rings. The van der Waals surface area contributed by atoms with Crippen LogP contribution in [0.25, 0.3) is 0 Å². The number of rotatable bonds is 6. The van der Waals surface area contributed by atoms with Gasteiger partial charge in [0.1, 0.15) is 0 Å². The van der Waals surface area contributed by atoms with Crippen molar-refractivity contribution >= 4 is 11.9 Å². The van der Waals surface area contributed by atoms with Crippen LogP contribution < -0.4 is 0 Å². The third-order valence-electron chi connectivity index (χ3n) is 5.14. The summed E-state index contributed by atoms with van der Waals surface area (Å²) in [6.07, 6.45) is 3.46. The Balaban J connectivity index is 2.44. The maximum absolute atomic E-state index is 12.4. The zero-order chi connectivity index (χ0) is 18.0. The number of ether oxygens (including phenoxy) is 4. The Bertz CT molecular complexity index is 572. The molecule has 0 amide bonds. The Morgan fingerprint density at radius 2 is 1.58 bits per heavy atom. The van der Waals surface area contributed by atoms with Crippen molar-refractivity contribution in [3.63, 3.8) is 0 Å².